The summed E-state index contributed by atoms with van der Waals surface area (Å²) in [5.74, 6) is 0.243. The van der Waals surface area contributed by atoms with Gasteiger partial charge in [-0.1, -0.05) is 30.3 Å². The lowest BCUT2D eigenvalue weighted by Crippen LogP contribution is -2.15. The molecule has 2 heterocycles. The quantitative estimate of drug-likeness (QED) is 0.448. The average molecular weight is 424 g/mol. The summed E-state index contributed by atoms with van der Waals surface area (Å²) in [6.07, 6.45) is -2.85. The Hall–Kier alpha value is -3.68. The number of phenolic OH excluding ortho intramolecular Hbond substituents is 1. The molecule has 2 aromatic carbocycles. The Labute approximate surface area is 176 Å². The minimum atomic E-state index is -4.44. The largest absolute Gasteiger partial charge is 0.505 e. The van der Waals surface area contributed by atoms with Crippen molar-refractivity contribution >= 4 is 16.9 Å². The Kier molecular flexibility index (Phi) is 5.22. The molecule has 4 rings (SSSR count). The van der Waals surface area contributed by atoms with Crippen LogP contribution in [0.4, 0.5) is 19.1 Å². The van der Waals surface area contributed by atoms with Crippen LogP contribution in [-0.2, 0) is 6.18 Å². The van der Waals surface area contributed by atoms with Gasteiger partial charge in [0.1, 0.15) is 11.3 Å². The Morgan fingerprint density at radius 3 is 2.23 bits per heavy atom. The fraction of sp³-hybridized carbons (Fsp3) is 0.174. The van der Waals surface area contributed by atoms with E-state index >= 15 is 0 Å². The molecule has 0 bridgehead atoms. The number of aryl methyl sites for hydroxylation is 2. The summed E-state index contributed by atoms with van der Waals surface area (Å²) in [7, 11) is 0. The molecular formula is C23H19F3N4O. The molecule has 1 atom stereocenters. The average Bonchev–Trinajstić information content (AvgIpc) is 2.73. The highest BCUT2D eigenvalue weighted by molar-refractivity contribution is 5.86. The van der Waals surface area contributed by atoms with Crippen molar-refractivity contribution in [3.05, 3.63) is 88.9 Å². The summed E-state index contributed by atoms with van der Waals surface area (Å²) in [5.41, 5.74) is 2.10. The fourth-order valence-corrected chi connectivity index (χ4v) is 3.37. The van der Waals surface area contributed by atoms with Gasteiger partial charge in [0, 0.05) is 28.5 Å². The zero-order chi connectivity index (χ0) is 22.2. The van der Waals surface area contributed by atoms with E-state index in [1.165, 1.54) is 12.1 Å². The number of benzene rings is 2. The van der Waals surface area contributed by atoms with Gasteiger partial charge in [0.25, 0.3) is 0 Å². The molecule has 0 aliphatic heterocycles. The number of phenols is 1. The lowest BCUT2D eigenvalue weighted by molar-refractivity contribution is -0.137. The van der Waals surface area contributed by atoms with Gasteiger partial charge in [-0.2, -0.15) is 13.2 Å². The number of halogens is 3. The van der Waals surface area contributed by atoms with Crippen molar-refractivity contribution in [1.29, 1.82) is 0 Å². The molecule has 0 aliphatic rings. The molecule has 158 valence electrons. The highest BCUT2D eigenvalue weighted by Gasteiger charge is 2.30. The molecule has 0 saturated heterocycles. The normalized spacial score (nSPS) is 12.7. The van der Waals surface area contributed by atoms with E-state index in [4.69, 9.17) is 0 Å². The molecule has 0 unspecified atom stereocenters. The van der Waals surface area contributed by atoms with Crippen LogP contribution in [0.5, 0.6) is 5.75 Å². The van der Waals surface area contributed by atoms with Crippen LogP contribution in [0.25, 0.3) is 10.9 Å². The van der Waals surface area contributed by atoms with Crippen molar-refractivity contribution in [3.63, 3.8) is 0 Å². The maximum absolute atomic E-state index is 13.0. The smallest absolute Gasteiger partial charge is 0.416 e. The third kappa shape index (κ3) is 4.28. The Balaban J connectivity index is 1.84. The van der Waals surface area contributed by atoms with Crippen molar-refractivity contribution in [3.8, 4) is 5.75 Å². The summed E-state index contributed by atoms with van der Waals surface area (Å²) in [4.78, 5) is 12.9. The van der Waals surface area contributed by atoms with Gasteiger partial charge in [-0.05, 0) is 43.7 Å². The van der Waals surface area contributed by atoms with E-state index in [1.54, 1.807) is 25.3 Å². The third-order valence-electron chi connectivity index (χ3n) is 4.96. The molecule has 31 heavy (non-hydrogen) atoms. The van der Waals surface area contributed by atoms with Crippen LogP contribution in [-0.4, -0.2) is 20.1 Å². The fourth-order valence-electron chi connectivity index (χ4n) is 3.37. The second kappa shape index (κ2) is 7.86. The van der Waals surface area contributed by atoms with Gasteiger partial charge in [-0.15, -0.1) is 0 Å². The Morgan fingerprint density at radius 1 is 0.871 bits per heavy atom. The van der Waals surface area contributed by atoms with Crippen LogP contribution in [0.1, 0.15) is 34.1 Å². The standard InChI is InChI=1S/C23H19F3N4O/c1-13-3-4-16-7-10-18(21(31)20(16)28-13)19(30-22-27-12-11-14(2)29-22)15-5-8-17(9-6-15)23(24,25)26/h3-12,19,31H,1-2H3,(H,27,29,30)/t19-/m1/s1. The SMILES string of the molecule is Cc1ccnc(N[C@H](c2ccc(C(F)(F)F)cc2)c2ccc3ccc(C)nc3c2O)n1. The van der Waals surface area contributed by atoms with Gasteiger partial charge in [0.05, 0.1) is 11.6 Å². The second-order valence-electron chi connectivity index (χ2n) is 7.25. The third-order valence-corrected chi connectivity index (χ3v) is 4.96. The van der Waals surface area contributed by atoms with Crippen molar-refractivity contribution in [1.82, 2.24) is 15.0 Å². The minimum Gasteiger partial charge on any atom is -0.505 e. The number of hydrogen-bond acceptors (Lipinski definition) is 5. The van der Waals surface area contributed by atoms with E-state index in [0.717, 1.165) is 28.9 Å². The van der Waals surface area contributed by atoms with E-state index in [9.17, 15) is 18.3 Å². The number of aromatic hydroxyl groups is 1. The second-order valence-corrected chi connectivity index (χ2v) is 7.25. The zero-order valence-electron chi connectivity index (χ0n) is 16.8. The predicted octanol–water partition coefficient (Wildman–Crippen LogP) is 5.57. The highest BCUT2D eigenvalue weighted by Crippen LogP contribution is 2.37. The van der Waals surface area contributed by atoms with E-state index in [2.05, 4.69) is 20.3 Å². The first-order valence-corrected chi connectivity index (χ1v) is 9.55. The number of hydrogen-bond donors (Lipinski definition) is 2. The number of aromatic nitrogens is 3. The molecule has 0 fully saturated rings. The number of pyridine rings is 1. The molecule has 0 saturated carbocycles. The molecule has 2 N–H and O–H groups in total. The number of rotatable bonds is 4. The number of nitrogens with one attached hydrogen (secondary N) is 1. The molecule has 0 amide bonds. The van der Waals surface area contributed by atoms with Crippen molar-refractivity contribution in [2.45, 2.75) is 26.1 Å². The van der Waals surface area contributed by atoms with Crippen LogP contribution < -0.4 is 5.32 Å². The summed E-state index contributed by atoms with van der Waals surface area (Å²) in [6.45, 7) is 3.62. The van der Waals surface area contributed by atoms with E-state index < -0.39 is 17.8 Å². The first kappa shape index (κ1) is 20.6. The molecular weight excluding hydrogens is 405 g/mol. The molecule has 2 aromatic heterocycles. The van der Waals surface area contributed by atoms with E-state index in [1.807, 2.05) is 25.1 Å². The van der Waals surface area contributed by atoms with Crippen LogP contribution >= 0.6 is 0 Å². The zero-order valence-corrected chi connectivity index (χ0v) is 16.8. The number of nitrogens with zero attached hydrogens (tertiary/aromatic N) is 3. The van der Waals surface area contributed by atoms with E-state index in [-0.39, 0.29) is 5.75 Å². The van der Waals surface area contributed by atoms with Gasteiger partial charge < -0.3 is 10.4 Å². The first-order chi connectivity index (χ1) is 14.7. The lowest BCUT2D eigenvalue weighted by atomic mass is 9.95. The summed E-state index contributed by atoms with van der Waals surface area (Å²) >= 11 is 0. The summed E-state index contributed by atoms with van der Waals surface area (Å²) < 4.78 is 39.1. The van der Waals surface area contributed by atoms with E-state index in [0.29, 0.717) is 22.6 Å². The van der Waals surface area contributed by atoms with Crippen molar-refractivity contribution in [2.24, 2.45) is 0 Å². The van der Waals surface area contributed by atoms with Gasteiger partial charge in [0.2, 0.25) is 5.95 Å². The van der Waals surface area contributed by atoms with Crippen LogP contribution in [0, 0.1) is 13.8 Å². The van der Waals surface area contributed by atoms with Crippen LogP contribution in [0.15, 0.2) is 60.8 Å². The lowest BCUT2D eigenvalue weighted by Gasteiger charge is -2.22. The molecule has 5 nitrogen and oxygen atoms in total. The van der Waals surface area contributed by atoms with Gasteiger partial charge in [0.15, 0.2) is 0 Å². The van der Waals surface area contributed by atoms with Crippen molar-refractivity contribution < 1.29 is 18.3 Å². The van der Waals surface area contributed by atoms with Gasteiger partial charge in [-0.25, -0.2) is 15.0 Å². The first-order valence-electron chi connectivity index (χ1n) is 9.55. The van der Waals surface area contributed by atoms with Crippen LogP contribution in [0.2, 0.25) is 0 Å². The number of anilines is 1. The Bertz CT molecular complexity index is 1240. The molecule has 4 aromatic rings. The van der Waals surface area contributed by atoms with Gasteiger partial charge >= 0.3 is 6.18 Å². The van der Waals surface area contributed by atoms with Crippen LogP contribution in [0.3, 0.4) is 0 Å². The highest BCUT2D eigenvalue weighted by atomic mass is 19.4. The van der Waals surface area contributed by atoms with Gasteiger partial charge in [-0.3, -0.25) is 0 Å². The monoisotopic (exact) mass is 424 g/mol. The van der Waals surface area contributed by atoms with Crippen molar-refractivity contribution in [2.75, 3.05) is 5.32 Å². The maximum atomic E-state index is 13.0. The molecule has 0 aliphatic carbocycles. The Morgan fingerprint density at radius 2 is 1.55 bits per heavy atom. The topological polar surface area (TPSA) is 70.9 Å². The summed E-state index contributed by atoms with van der Waals surface area (Å²) in [5, 5.41) is 14.9. The number of alkyl halides is 3. The molecule has 0 radical (unpaired) electrons. The summed E-state index contributed by atoms with van der Waals surface area (Å²) in [6, 6.07) is 13.1. The molecule has 0 spiro atoms. The number of fused-ring (bicyclic) bond motifs is 1. The predicted molar refractivity (Wildman–Crippen MR) is 112 cm³/mol. The molecule has 8 heteroatoms. The minimum absolute atomic E-state index is 0.0498. The maximum Gasteiger partial charge on any atom is 0.416 e.